The van der Waals surface area contributed by atoms with Crippen molar-refractivity contribution in [3.63, 3.8) is 0 Å². The third-order valence-corrected chi connectivity index (χ3v) is 4.93. The van der Waals surface area contributed by atoms with Gasteiger partial charge in [-0.2, -0.15) is 0 Å². The van der Waals surface area contributed by atoms with Gasteiger partial charge >= 0.3 is 0 Å². The van der Waals surface area contributed by atoms with Gasteiger partial charge in [0.05, 0.1) is 15.6 Å². The number of aromatic nitrogens is 1. The van der Waals surface area contributed by atoms with Crippen LogP contribution < -0.4 is 4.90 Å². The van der Waals surface area contributed by atoms with Crippen molar-refractivity contribution in [2.75, 3.05) is 31.1 Å². The first-order valence-electron chi connectivity index (χ1n) is 6.64. The molecule has 0 aliphatic carbocycles. The van der Waals surface area contributed by atoms with Gasteiger partial charge in [-0.05, 0) is 12.1 Å². The molecule has 1 fully saturated rings. The second-order valence-corrected chi connectivity index (χ2v) is 6.53. The van der Waals surface area contributed by atoms with E-state index in [9.17, 15) is 9.18 Å². The maximum absolute atomic E-state index is 13.6. The summed E-state index contributed by atoms with van der Waals surface area (Å²) in [5, 5.41) is 2.94. The fraction of sp³-hybridized carbons (Fsp3) is 0.286. The molecule has 1 saturated heterocycles. The van der Waals surface area contributed by atoms with E-state index in [1.54, 1.807) is 22.4 Å². The van der Waals surface area contributed by atoms with Crippen molar-refractivity contribution in [1.29, 1.82) is 0 Å². The minimum Gasteiger partial charge on any atom is -0.345 e. The number of benzene rings is 1. The van der Waals surface area contributed by atoms with Gasteiger partial charge in [0.2, 0.25) is 0 Å². The van der Waals surface area contributed by atoms with Crippen molar-refractivity contribution in [2.45, 2.75) is 0 Å². The molecule has 22 heavy (non-hydrogen) atoms. The molecule has 1 amide bonds. The van der Waals surface area contributed by atoms with E-state index in [2.05, 4.69) is 9.88 Å². The first-order valence-corrected chi connectivity index (χ1v) is 8.28. The standard InChI is InChI=1S/C14H12Cl2FN3OS/c15-10-8-11(16)12(17)7-9(10)13(21)19-2-4-20(5-3-19)14-18-1-6-22-14/h1,6-8H,2-5H2. The Balaban J connectivity index is 1.71. The zero-order valence-corrected chi connectivity index (χ0v) is 13.8. The van der Waals surface area contributed by atoms with Crippen molar-refractivity contribution in [1.82, 2.24) is 9.88 Å². The molecule has 1 aliphatic rings. The Kier molecular flexibility index (Phi) is 4.52. The highest BCUT2D eigenvalue weighted by Gasteiger charge is 2.25. The second kappa shape index (κ2) is 6.40. The summed E-state index contributed by atoms with van der Waals surface area (Å²) in [6, 6.07) is 2.36. The van der Waals surface area contributed by atoms with Gasteiger partial charge in [0.1, 0.15) is 5.82 Å². The maximum atomic E-state index is 13.6. The molecule has 1 aromatic heterocycles. The van der Waals surface area contributed by atoms with Gasteiger partial charge in [0.15, 0.2) is 5.13 Å². The predicted octanol–water partition coefficient (Wildman–Crippen LogP) is 3.55. The van der Waals surface area contributed by atoms with Crippen LogP contribution in [0.3, 0.4) is 0 Å². The lowest BCUT2D eigenvalue weighted by molar-refractivity contribution is 0.0746. The van der Waals surface area contributed by atoms with E-state index in [4.69, 9.17) is 23.2 Å². The van der Waals surface area contributed by atoms with Crippen LogP contribution in [0.2, 0.25) is 10.0 Å². The van der Waals surface area contributed by atoms with E-state index in [1.165, 1.54) is 6.07 Å². The normalized spacial score (nSPS) is 15.2. The zero-order chi connectivity index (χ0) is 15.7. The number of rotatable bonds is 2. The summed E-state index contributed by atoms with van der Waals surface area (Å²) in [5.74, 6) is -0.921. The van der Waals surface area contributed by atoms with Crippen LogP contribution in [-0.4, -0.2) is 42.0 Å². The molecule has 0 bridgehead atoms. The first-order chi connectivity index (χ1) is 10.6. The Morgan fingerprint density at radius 3 is 2.55 bits per heavy atom. The summed E-state index contributed by atoms with van der Waals surface area (Å²) in [7, 11) is 0. The van der Waals surface area contributed by atoms with Gasteiger partial charge in [0, 0.05) is 37.8 Å². The van der Waals surface area contributed by atoms with Crippen LogP contribution >= 0.6 is 34.5 Å². The molecule has 0 N–H and O–H groups in total. The van der Waals surface area contributed by atoms with Gasteiger partial charge in [-0.15, -0.1) is 11.3 Å². The number of carbonyl (C=O) groups excluding carboxylic acids is 1. The topological polar surface area (TPSA) is 36.4 Å². The van der Waals surface area contributed by atoms with Crippen LogP contribution in [-0.2, 0) is 0 Å². The number of nitrogens with zero attached hydrogens (tertiary/aromatic N) is 3. The smallest absolute Gasteiger partial charge is 0.255 e. The van der Waals surface area contributed by atoms with Crippen molar-refractivity contribution in [3.05, 3.63) is 45.1 Å². The lowest BCUT2D eigenvalue weighted by Crippen LogP contribution is -2.48. The number of hydrogen-bond acceptors (Lipinski definition) is 4. The van der Waals surface area contributed by atoms with Crippen molar-refractivity contribution >= 4 is 45.6 Å². The molecule has 3 rings (SSSR count). The lowest BCUT2D eigenvalue weighted by Gasteiger charge is -2.34. The molecule has 0 spiro atoms. The Hall–Kier alpha value is -1.37. The Morgan fingerprint density at radius 1 is 1.18 bits per heavy atom. The Bertz CT molecular complexity index is 688. The van der Waals surface area contributed by atoms with Crippen LogP contribution in [0.1, 0.15) is 10.4 Å². The molecule has 0 radical (unpaired) electrons. The zero-order valence-electron chi connectivity index (χ0n) is 11.4. The molecule has 116 valence electrons. The quantitative estimate of drug-likeness (QED) is 0.769. The molecule has 0 unspecified atom stereocenters. The van der Waals surface area contributed by atoms with Gasteiger partial charge in [-0.1, -0.05) is 23.2 Å². The highest BCUT2D eigenvalue weighted by atomic mass is 35.5. The average molecular weight is 360 g/mol. The van der Waals surface area contributed by atoms with Crippen LogP contribution in [0.5, 0.6) is 0 Å². The predicted molar refractivity (Wildman–Crippen MR) is 86.7 cm³/mol. The number of amides is 1. The third-order valence-electron chi connectivity index (χ3n) is 3.50. The summed E-state index contributed by atoms with van der Waals surface area (Å²) in [4.78, 5) is 20.5. The number of anilines is 1. The van der Waals surface area contributed by atoms with E-state index in [0.717, 1.165) is 11.2 Å². The number of thiazole rings is 1. The third kappa shape index (κ3) is 3.04. The molecular formula is C14H12Cl2FN3OS. The monoisotopic (exact) mass is 359 g/mol. The van der Waals surface area contributed by atoms with E-state index in [1.807, 2.05) is 5.38 Å². The minimum absolute atomic E-state index is 0.0878. The number of hydrogen-bond donors (Lipinski definition) is 0. The first kappa shape index (κ1) is 15.5. The van der Waals surface area contributed by atoms with Crippen molar-refractivity contribution in [3.8, 4) is 0 Å². The van der Waals surface area contributed by atoms with Gasteiger partial charge < -0.3 is 9.80 Å². The van der Waals surface area contributed by atoms with Gasteiger partial charge in [-0.25, -0.2) is 9.37 Å². The summed E-state index contributed by atoms with van der Waals surface area (Å²) in [5.41, 5.74) is 0.145. The number of carbonyl (C=O) groups is 1. The molecule has 1 aromatic carbocycles. The van der Waals surface area contributed by atoms with E-state index < -0.39 is 5.82 Å². The Morgan fingerprint density at radius 2 is 1.91 bits per heavy atom. The highest BCUT2D eigenvalue weighted by molar-refractivity contribution is 7.13. The minimum atomic E-state index is -0.643. The summed E-state index contributed by atoms with van der Waals surface area (Å²) >= 11 is 13.2. The fourth-order valence-electron chi connectivity index (χ4n) is 2.33. The second-order valence-electron chi connectivity index (χ2n) is 4.84. The number of halogens is 3. The number of piperazine rings is 1. The molecular weight excluding hydrogens is 348 g/mol. The van der Waals surface area contributed by atoms with Crippen LogP contribution in [0.15, 0.2) is 23.7 Å². The van der Waals surface area contributed by atoms with Crippen LogP contribution in [0.25, 0.3) is 0 Å². The molecule has 4 nitrogen and oxygen atoms in total. The van der Waals surface area contributed by atoms with E-state index in [0.29, 0.717) is 26.2 Å². The lowest BCUT2D eigenvalue weighted by atomic mass is 10.1. The SMILES string of the molecule is O=C(c1cc(F)c(Cl)cc1Cl)N1CCN(c2nccs2)CC1. The van der Waals surface area contributed by atoms with Crippen LogP contribution in [0.4, 0.5) is 9.52 Å². The summed E-state index contributed by atoms with van der Waals surface area (Å²) in [6.07, 6.45) is 1.76. The van der Waals surface area contributed by atoms with Crippen molar-refractivity contribution in [2.24, 2.45) is 0 Å². The largest absolute Gasteiger partial charge is 0.345 e. The van der Waals surface area contributed by atoms with Gasteiger partial charge in [0.25, 0.3) is 5.91 Å². The van der Waals surface area contributed by atoms with Crippen molar-refractivity contribution < 1.29 is 9.18 Å². The summed E-state index contributed by atoms with van der Waals surface area (Å²) < 4.78 is 13.6. The average Bonchev–Trinajstić information content (AvgIpc) is 3.05. The fourth-order valence-corrected chi connectivity index (χ4v) is 3.49. The van der Waals surface area contributed by atoms with Crippen LogP contribution in [0, 0.1) is 5.82 Å². The highest BCUT2D eigenvalue weighted by Crippen LogP contribution is 2.26. The molecule has 8 heteroatoms. The van der Waals surface area contributed by atoms with E-state index in [-0.39, 0.29) is 21.5 Å². The molecule has 0 atom stereocenters. The van der Waals surface area contributed by atoms with Gasteiger partial charge in [-0.3, -0.25) is 4.79 Å². The molecule has 2 aromatic rings. The van der Waals surface area contributed by atoms with E-state index >= 15 is 0 Å². The maximum Gasteiger partial charge on any atom is 0.255 e. The Labute approximate surface area is 141 Å². The molecule has 2 heterocycles. The molecule has 0 saturated carbocycles. The summed E-state index contributed by atoms with van der Waals surface area (Å²) in [6.45, 7) is 2.46. The molecule has 1 aliphatic heterocycles.